The molecule has 4 rings (SSSR count). The van der Waals surface area contributed by atoms with Crippen LogP contribution >= 0.6 is 0 Å². The largest absolute Gasteiger partial charge is 0.462 e. The highest BCUT2D eigenvalue weighted by molar-refractivity contribution is 6.18. The number of Topliss-reactive ketones (excluding diaryl/α,β-unsaturated/α-hetero) is 1. The lowest BCUT2D eigenvalue weighted by atomic mass is 9.80. The normalized spacial score (nSPS) is 15.2. The van der Waals surface area contributed by atoms with E-state index in [0.717, 1.165) is 5.69 Å². The van der Waals surface area contributed by atoms with E-state index in [4.69, 9.17) is 9.15 Å². The lowest BCUT2D eigenvalue weighted by Crippen LogP contribution is -2.22. The lowest BCUT2D eigenvalue weighted by Gasteiger charge is -2.21. The van der Waals surface area contributed by atoms with E-state index in [0.29, 0.717) is 40.3 Å². The number of carbonyl (C=O) groups is 2. The van der Waals surface area contributed by atoms with Gasteiger partial charge in [-0.2, -0.15) is 0 Å². The summed E-state index contributed by atoms with van der Waals surface area (Å²) in [5.74, 6) is -0.383. The van der Waals surface area contributed by atoms with E-state index in [9.17, 15) is 9.59 Å². The molecule has 0 amide bonds. The van der Waals surface area contributed by atoms with Crippen molar-refractivity contribution in [3.05, 3.63) is 76.8 Å². The molecule has 0 unspecified atom stereocenters. The summed E-state index contributed by atoms with van der Waals surface area (Å²) >= 11 is 0. The third-order valence-corrected chi connectivity index (χ3v) is 4.87. The molecule has 1 aliphatic rings. The number of furan rings is 1. The molecule has 2 aromatic heterocycles. The number of ether oxygens (including phenoxy) is 1. The summed E-state index contributed by atoms with van der Waals surface area (Å²) in [7, 11) is 0. The van der Waals surface area contributed by atoms with Crippen LogP contribution in [0.1, 0.15) is 50.6 Å². The Kier molecular flexibility index (Phi) is 5.08. The molecule has 0 radical (unpaired) electrons. The highest BCUT2D eigenvalue weighted by atomic mass is 16.5. The van der Waals surface area contributed by atoms with Crippen molar-refractivity contribution in [2.24, 2.45) is 4.99 Å². The zero-order valence-electron chi connectivity index (χ0n) is 16.2. The van der Waals surface area contributed by atoms with E-state index >= 15 is 0 Å². The SMILES string of the molecule is CCOC(=O)c1c(C)oc2c1[C@@H](C=NCc1ccccn1)C(=O)c1ccccc1-2. The van der Waals surface area contributed by atoms with Crippen molar-refractivity contribution in [2.45, 2.75) is 26.3 Å². The first-order valence-corrected chi connectivity index (χ1v) is 9.45. The number of esters is 1. The van der Waals surface area contributed by atoms with Gasteiger partial charge in [0.05, 0.1) is 24.8 Å². The van der Waals surface area contributed by atoms with Crippen LogP contribution in [-0.2, 0) is 11.3 Å². The standard InChI is InChI=1S/C23H20N2O4/c1-3-28-23(27)19-14(2)29-22-17-10-5-4-9-16(17)21(26)18(20(19)22)13-24-12-15-8-6-7-11-25-15/h4-11,13,18H,3,12H2,1-2H3/t18-/m1/s1. The fraction of sp³-hybridized carbons (Fsp3) is 0.217. The second-order valence-electron chi connectivity index (χ2n) is 6.69. The summed E-state index contributed by atoms with van der Waals surface area (Å²) in [6, 6.07) is 12.8. The van der Waals surface area contributed by atoms with Crippen LogP contribution in [0.3, 0.4) is 0 Å². The fourth-order valence-electron chi connectivity index (χ4n) is 3.60. The first-order valence-electron chi connectivity index (χ1n) is 9.45. The number of ketones is 1. The van der Waals surface area contributed by atoms with Gasteiger partial charge in [0, 0.05) is 29.1 Å². The topological polar surface area (TPSA) is 81.8 Å². The molecule has 0 saturated heterocycles. The van der Waals surface area contributed by atoms with Crippen LogP contribution in [-0.4, -0.2) is 29.6 Å². The van der Waals surface area contributed by atoms with Gasteiger partial charge < -0.3 is 9.15 Å². The molecule has 0 fully saturated rings. The number of aromatic nitrogens is 1. The van der Waals surface area contributed by atoms with Crippen LogP contribution in [0.2, 0.25) is 0 Å². The second-order valence-corrected chi connectivity index (χ2v) is 6.69. The number of benzene rings is 1. The third kappa shape index (κ3) is 3.38. The zero-order valence-corrected chi connectivity index (χ0v) is 16.2. The van der Waals surface area contributed by atoms with Gasteiger partial charge in [-0.15, -0.1) is 0 Å². The van der Waals surface area contributed by atoms with E-state index in [-0.39, 0.29) is 12.4 Å². The number of hydrogen-bond donors (Lipinski definition) is 0. The minimum atomic E-state index is -0.722. The Labute approximate surface area is 168 Å². The molecule has 0 bridgehead atoms. The van der Waals surface area contributed by atoms with Crippen molar-refractivity contribution in [1.82, 2.24) is 4.98 Å². The third-order valence-electron chi connectivity index (χ3n) is 4.87. The van der Waals surface area contributed by atoms with Crippen LogP contribution in [0.5, 0.6) is 0 Å². The maximum atomic E-state index is 13.3. The number of aliphatic imine (C=N–C) groups is 1. The summed E-state index contributed by atoms with van der Waals surface area (Å²) in [5, 5.41) is 0. The maximum absolute atomic E-state index is 13.3. The van der Waals surface area contributed by atoms with E-state index in [2.05, 4.69) is 9.98 Å². The van der Waals surface area contributed by atoms with Crippen LogP contribution in [0.15, 0.2) is 58.1 Å². The Hall–Kier alpha value is -3.54. The molecular weight excluding hydrogens is 368 g/mol. The Morgan fingerprint density at radius 2 is 1.97 bits per heavy atom. The van der Waals surface area contributed by atoms with Gasteiger partial charge in [0.1, 0.15) is 17.1 Å². The Balaban J connectivity index is 1.80. The van der Waals surface area contributed by atoms with Gasteiger partial charge in [0.15, 0.2) is 5.78 Å². The summed E-state index contributed by atoms with van der Waals surface area (Å²) in [6.07, 6.45) is 3.28. The molecule has 146 valence electrons. The Morgan fingerprint density at radius 3 is 2.69 bits per heavy atom. The Morgan fingerprint density at radius 1 is 1.21 bits per heavy atom. The number of fused-ring (bicyclic) bond motifs is 3. The predicted octanol–water partition coefficient (Wildman–Crippen LogP) is 4.38. The molecule has 0 spiro atoms. The van der Waals surface area contributed by atoms with Gasteiger partial charge in [0.25, 0.3) is 0 Å². The first kappa shape index (κ1) is 18.8. The minimum absolute atomic E-state index is 0.121. The quantitative estimate of drug-likeness (QED) is 0.479. The zero-order chi connectivity index (χ0) is 20.4. The number of hydrogen-bond acceptors (Lipinski definition) is 6. The van der Waals surface area contributed by atoms with Crippen molar-refractivity contribution in [2.75, 3.05) is 6.61 Å². The van der Waals surface area contributed by atoms with Crippen LogP contribution in [0.4, 0.5) is 0 Å². The van der Waals surface area contributed by atoms with Crippen LogP contribution in [0.25, 0.3) is 11.3 Å². The fourth-order valence-corrected chi connectivity index (χ4v) is 3.60. The molecule has 1 aliphatic carbocycles. The van der Waals surface area contributed by atoms with E-state index in [1.54, 1.807) is 32.3 Å². The molecule has 3 aromatic rings. The highest BCUT2D eigenvalue weighted by Crippen LogP contribution is 2.43. The van der Waals surface area contributed by atoms with Crippen molar-refractivity contribution in [1.29, 1.82) is 0 Å². The van der Waals surface area contributed by atoms with Crippen LogP contribution in [0, 0.1) is 6.92 Å². The van der Waals surface area contributed by atoms with Gasteiger partial charge in [-0.3, -0.25) is 14.8 Å². The van der Waals surface area contributed by atoms with Gasteiger partial charge in [-0.25, -0.2) is 4.79 Å². The van der Waals surface area contributed by atoms with E-state index in [1.165, 1.54) is 0 Å². The molecule has 1 aromatic carbocycles. The number of rotatable bonds is 5. The summed E-state index contributed by atoms with van der Waals surface area (Å²) < 4.78 is 11.2. The molecule has 1 atom stereocenters. The van der Waals surface area contributed by atoms with Crippen molar-refractivity contribution in [3.8, 4) is 11.3 Å². The van der Waals surface area contributed by atoms with Crippen molar-refractivity contribution < 1.29 is 18.7 Å². The molecule has 0 aliphatic heterocycles. The van der Waals surface area contributed by atoms with Gasteiger partial charge in [0.2, 0.25) is 0 Å². The lowest BCUT2D eigenvalue weighted by molar-refractivity contribution is 0.0523. The summed E-state index contributed by atoms with van der Waals surface area (Å²) in [6.45, 7) is 4.03. The average molecular weight is 388 g/mol. The van der Waals surface area contributed by atoms with Gasteiger partial charge in [-0.05, 0) is 26.0 Å². The summed E-state index contributed by atoms with van der Waals surface area (Å²) in [5.41, 5.74) is 2.86. The summed E-state index contributed by atoms with van der Waals surface area (Å²) in [4.78, 5) is 34.6. The predicted molar refractivity (Wildman–Crippen MR) is 108 cm³/mol. The maximum Gasteiger partial charge on any atom is 0.342 e. The number of pyridine rings is 1. The molecular formula is C23H20N2O4. The number of nitrogens with zero attached hydrogens (tertiary/aromatic N) is 2. The smallest absolute Gasteiger partial charge is 0.342 e. The minimum Gasteiger partial charge on any atom is -0.462 e. The molecule has 2 heterocycles. The first-order chi connectivity index (χ1) is 14.1. The molecule has 29 heavy (non-hydrogen) atoms. The highest BCUT2D eigenvalue weighted by Gasteiger charge is 2.39. The monoisotopic (exact) mass is 388 g/mol. The second kappa shape index (κ2) is 7.83. The van der Waals surface area contributed by atoms with Crippen molar-refractivity contribution >= 4 is 18.0 Å². The van der Waals surface area contributed by atoms with Crippen molar-refractivity contribution in [3.63, 3.8) is 0 Å². The van der Waals surface area contributed by atoms with E-state index < -0.39 is 11.9 Å². The van der Waals surface area contributed by atoms with E-state index in [1.807, 2.05) is 36.4 Å². The molecule has 6 nitrogen and oxygen atoms in total. The average Bonchev–Trinajstić information content (AvgIpc) is 3.08. The molecule has 0 N–H and O–H groups in total. The van der Waals surface area contributed by atoms with Crippen LogP contribution < -0.4 is 0 Å². The van der Waals surface area contributed by atoms with Gasteiger partial charge >= 0.3 is 5.97 Å². The number of aryl methyl sites for hydroxylation is 1. The number of carbonyl (C=O) groups excluding carboxylic acids is 2. The molecule has 6 heteroatoms. The van der Waals surface area contributed by atoms with Gasteiger partial charge in [-0.1, -0.05) is 30.3 Å². The molecule has 0 saturated carbocycles. The Bertz CT molecular complexity index is 1100.